The summed E-state index contributed by atoms with van der Waals surface area (Å²) in [5.74, 6) is 0.600. The zero-order valence-corrected chi connectivity index (χ0v) is 14.5. The zero-order chi connectivity index (χ0) is 15.9. The maximum Gasteiger partial charge on any atom is 0.153 e. The summed E-state index contributed by atoms with van der Waals surface area (Å²) in [5, 5.41) is 4.46. The molecule has 2 atom stereocenters. The Morgan fingerprint density at radius 1 is 1.27 bits per heavy atom. The van der Waals surface area contributed by atoms with Crippen LogP contribution in [0.25, 0.3) is 0 Å². The van der Waals surface area contributed by atoms with Gasteiger partial charge in [-0.1, -0.05) is 6.92 Å². The van der Waals surface area contributed by atoms with Crippen molar-refractivity contribution in [3.8, 4) is 0 Å². The van der Waals surface area contributed by atoms with E-state index in [1.165, 1.54) is 11.3 Å². The standard InChI is InChI=1S/C15H26N4O2S/c1-4-5-19-12(2)13(8-16-19)9-18-7-6-17(3)14-10-22(20,21)11-15(14)18/h8,14-15H,4-7,9-11H2,1-3H3/t14-,15+/m1/s1. The van der Waals surface area contributed by atoms with Crippen LogP contribution in [-0.4, -0.2) is 71.7 Å². The fraction of sp³-hybridized carbons (Fsp3) is 0.800. The van der Waals surface area contributed by atoms with Gasteiger partial charge in [-0.25, -0.2) is 8.42 Å². The highest BCUT2D eigenvalue weighted by atomic mass is 32.2. The minimum Gasteiger partial charge on any atom is -0.300 e. The first kappa shape index (κ1) is 16.0. The Hall–Kier alpha value is -0.920. The van der Waals surface area contributed by atoms with E-state index in [-0.39, 0.29) is 12.1 Å². The summed E-state index contributed by atoms with van der Waals surface area (Å²) in [5.41, 5.74) is 2.43. The van der Waals surface area contributed by atoms with Crippen LogP contribution in [0.5, 0.6) is 0 Å². The molecule has 0 radical (unpaired) electrons. The second-order valence-corrected chi connectivity index (χ2v) is 8.79. The summed E-state index contributed by atoms with van der Waals surface area (Å²) in [6, 6.07) is 0.266. The molecule has 124 valence electrons. The molecule has 22 heavy (non-hydrogen) atoms. The van der Waals surface area contributed by atoms with Crippen LogP contribution in [0.15, 0.2) is 6.20 Å². The Labute approximate surface area is 133 Å². The Bertz CT molecular complexity index is 640. The number of aryl methyl sites for hydroxylation is 1. The van der Waals surface area contributed by atoms with Gasteiger partial charge in [0.05, 0.1) is 17.7 Å². The van der Waals surface area contributed by atoms with Gasteiger partial charge >= 0.3 is 0 Å². The summed E-state index contributed by atoms with van der Waals surface area (Å²) in [6.45, 7) is 7.85. The van der Waals surface area contributed by atoms with Crippen molar-refractivity contribution in [2.24, 2.45) is 0 Å². The van der Waals surface area contributed by atoms with Gasteiger partial charge in [0, 0.05) is 49.5 Å². The van der Waals surface area contributed by atoms with Gasteiger partial charge in [0.1, 0.15) is 0 Å². The van der Waals surface area contributed by atoms with E-state index in [1.807, 2.05) is 17.9 Å². The van der Waals surface area contributed by atoms with E-state index in [2.05, 4.69) is 28.7 Å². The molecule has 2 aliphatic rings. The minimum absolute atomic E-state index is 0.123. The third kappa shape index (κ3) is 2.94. The Morgan fingerprint density at radius 3 is 2.73 bits per heavy atom. The molecule has 6 nitrogen and oxygen atoms in total. The SMILES string of the molecule is CCCn1ncc(CN2CCN(C)[C@@H]3CS(=O)(=O)C[C@@H]32)c1C. The van der Waals surface area contributed by atoms with Crippen LogP contribution < -0.4 is 0 Å². The third-order valence-electron chi connectivity index (χ3n) is 5.08. The lowest BCUT2D eigenvalue weighted by Crippen LogP contribution is -2.57. The van der Waals surface area contributed by atoms with Crippen LogP contribution in [0.2, 0.25) is 0 Å². The van der Waals surface area contributed by atoms with Crippen molar-refractivity contribution in [1.82, 2.24) is 19.6 Å². The normalized spacial score (nSPS) is 28.9. The van der Waals surface area contributed by atoms with Crippen molar-refractivity contribution in [2.45, 2.75) is 45.4 Å². The van der Waals surface area contributed by atoms with E-state index in [4.69, 9.17) is 0 Å². The van der Waals surface area contributed by atoms with E-state index in [0.717, 1.165) is 32.6 Å². The Kier molecular flexibility index (Phi) is 4.31. The molecule has 7 heteroatoms. The summed E-state index contributed by atoms with van der Waals surface area (Å²) >= 11 is 0. The predicted molar refractivity (Wildman–Crippen MR) is 86.5 cm³/mol. The van der Waals surface area contributed by atoms with Crippen LogP contribution in [0, 0.1) is 6.92 Å². The molecule has 0 bridgehead atoms. The monoisotopic (exact) mass is 326 g/mol. The van der Waals surface area contributed by atoms with E-state index in [9.17, 15) is 8.42 Å². The van der Waals surface area contributed by atoms with Gasteiger partial charge < -0.3 is 0 Å². The molecule has 1 aromatic heterocycles. The number of aromatic nitrogens is 2. The van der Waals surface area contributed by atoms with E-state index in [0.29, 0.717) is 11.5 Å². The topological polar surface area (TPSA) is 58.4 Å². The smallest absolute Gasteiger partial charge is 0.153 e. The maximum absolute atomic E-state index is 12.0. The summed E-state index contributed by atoms with van der Waals surface area (Å²) in [7, 11) is -0.863. The largest absolute Gasteiger partial charge is 0.300 e. The third-order valence-corrected chi connectivity index (χ3v) is 6.78. The number of rotatable bonds is 4. The number of hydrogen-bond donors (Lipinski definition) is 0. The Balaban J connectivity index is 1.78. The van der Waals surface area contributed by atoms with Gasteiger partial charge in [0.25, 0.3) is 0 Å². The molecule has 0 N–H and O–H groups in total. The molecule has 0 unspecified atom stereocenters. The first-order valence-electron chi connectivity index (χ1n) is 8.07. The van der Waals surface area contributed by atoms with Gasteiger partial charge in [0.15, 0.2) is 9.84 Å². The number of hydrogen-bond acceptors (Lipinski definition) is 5. The van der Waals surface area contributed by atoms with Gasteiger partial charge in [0.2, 0.25) is 0 Å². The second-order valence-electron chi connectivity index (χ2n) is 6.64. The van der Waals surface area contributed by atoms with Crippen LogP contribution in [0.4, 0.5) is 0 Å². The van der Waals surface area contributed by atoms with Crippen molar-refractivity contribution in [3.05, 3.63) is 17.5 Å². The zero-order valence-electron chi connectivity index (χ0n) is 13.7. The van der Waals surface area contributed by atoms with E-state index < -0.39 is 9.84 Å². The number of sulfone groups is 1. The lowest BCUT2D eigenvalue weighted by atomic mass is 10.0. The fourth-order valence-electron chi connectivity index (χ4n) is 3.69. The van der Waals surface area contributed by atoms with Crippen LogP contribution in [0.1, 0.15) is 24.6 Å². The molecule has 0 aromatic carbocycles. The molecule has 0 saturated carbocycles. The molecular weight excluding hydrogens is 300 g/mol. The highest BCUT2D eigenvalue weighted by Gasteiger charge is 2.45. The number of likely N-dealkylation sites (N-methyl/N-ethyl adjacent to an activating group) is 1. The predicted octanol–water partition coefficient (Wildman–Crippen LogP) is 0.515. The summed E-state index contributed by atoms with van der Waals surface area (Å²) in [6.07, 6.45) is 3.02. The van der Waals surface area contributed by atoms with Crippen molar-refractivity contribution < 1.29 is 8.42 Å². The van der Waals surface area contributed by atoms with Gasteiger partial charge in [-0.05, 0) is 20.4 Å². The molecule has 2 fully saturated rings. The lowest BCUT2D eigenvalue weighted by molar-refractivity contribution is 0.0571. The summed E-state index contributed by atoms with van der Waals surface area (Å²) < 4.78 is 26.1. The van der Waals surface area contributed by atoms with Gasteiger partial charge in [-0.15, -0.1) is 0 Å². The van der Waals surface area contributed by atoms with Crippen LogP contribution in [-0.2, 0) is 22.9 Å². The first-order valence-corrected chi connectivity index (χ1v) is 9.89. The molecule has 0 spiro atoms. The van der Waals surface area contributed by atoms with Crippen molar-refractivity contribution in [1.29, 1.82) is 0 Å². The molecule has 3 heterocycles. The van der Waals surface area contributed by atoms with Gasteiger partial charge in [-0.2, -0.15) is 5.10 Å². The average molecular weight is 326 g/mol. The van der Waals surface area contributed by atoms with Crippen LogP contribution in [0.3, 0.4) is 0 Å². The molecule has 0 amide bonds. The number of fused-ring (bicyclic) bond motifs is 1. The second kappa shape index (κ2) is 5.94. The first-order chi connectivity index (χ1) is 10.4. The van der Waals surface area contributed by atoms with E-state index in [1.54, 1.807) is 0 Å². The van der Waals surface area contributed by atoms with Crippen molar-refractivity contribution in [3.63, 3.8) is 0 Å². The van der Waals surface area contributed by atoms with Crippen LogP contribution >= 0.6 is 0 Å². The molecular formula is C15H26N4O2S. The quantitative estimate of drug-likeness (QED) is 0.807. The molecule has 2 saturated heterocycles. The minimum atomic E-state index is -2.90. The maximum atomic E-state index is 12.0. The van der Waals surface area contributed by atoms with Crippen molar-refractivity contribution in [2.75, 3.05) is 31.6 Å². The molecule has 2 aliphatic heterocycles. The fourth-order valence-corrected chi connectivity index (χ4v) is 5.78. The average Bonchev–Trinajstić information content (AvgIpc) is 2.96. The van der Waals surface area contributed by atoms with Gasteiger partial charge in [-0.3, -0.25) is 14.5 Å². The molecule has 3 rings (SSSR count). The highest BCUT2D eigenvalue weighted by Crippen LogP contribution is 2.27. The number of piperazine rings is 1. The Morgan fingerprint density at radius 2 is 2.00 bits per heavy atom. The molecule has 0 aliphatic carbocycles. The molecule has 1 aromatic rings. The summed E-state index contributed by atoms with van der Waals surface area (Å²) in [4.78, 5) is 4.55. The number of nitrogens with zero attached hydrogens (tertiary/aromatic N) is 4. The van der Waals surface area contributed by atoms with Crippen molar-refractivity contribution >= 4 is 9.84 Å². The highest BCUT2D eigenvalue weighted by molar-refractivity contribution is 7.91. The lowest BCUT2D eigenvalue weighted by Gasteiger charge is -2.42. The van der Waals surface area contributed by atoms with E-state index >= 15 is 0 Å².